The molecular formula is C13H9N5OS. The second-order valence-corrected chi connectivity index (χ2v) is 5.18. The van der Waals surface area contributed by atoms with Crippen LogP contribution < -0.4 is 5.73 Å². The van der Waals surface area contributed by atoms with E-state index in [0.29, 0.717) is 11.6 Å². The van der Waals surface area contributed by atoms with Crippen LogP contribution in [-0.4, -0.2) is 19.8 Å². The van der Waals surface area contributed by atoms with Crippen molar-refractivity contribution in [3.63, 3.8) is 0 Å². The van der Waals surface area contributed by atoms with Gasteiger partial charge in [-0.2, -0.15) is 9.61 Å². The average Bonchev–Trinajstić information content (AvgIpc) is 3.15. The summed E-state index contributed by atoms with van der Waals surface area (Å²) in [5.74, 6) is 1.25. The van der Waals surface area contributed by atoms with E-state index in [1.807, 2.05) is 36.4 Å². The second-order valence-electron chi connectivity index (χ2n) is 4.22. The summed E-state index contributed by atoms with van der Waals surface area (Å²) in [5.41, 5.74) is 7.42. The quantitative estimate of drug-likeness (QED) is 0.572. The van der Waals surface area contributed by atoms with E-state index in [9.17, 15) is 0 Å². The van der Waals surface area contributed by atoms with E-state index in [1.165, 1.54) is 11.3 Å². The Labute approximate surface area is 117 Å². The minimum Gasteiger partial charge on any atom is -0.461 e. The minimum atomic E-state index is 0.600. The van der Waals surface area contributed by atoms with Crippen molar-refractivity contribution in [1.82, 2.24) is 19.8 Å². The van der Waals surface area contributed by atoms with Crippen molar-refractivity contribution in [1.29, 1.82) is 0 Å². The zero-order valence-corrected chi connectivity index (χ0v) is 11.0. The van der Waals surface area contributed by atoms with Crippen LogP contribution in [0.1, 0.15) is 0 Å². The molecular weight excluding hydrogens is 274 g/mol. The van der Waals surface area contributed by atoms with E-state index >= 15 is 0 Å². The number of furan rings is 1. The van der Waals surface area contributed by atoms with E-state index in [4.69, 9.17) is 10.2 Å². The number of rotatable bonds is 2. The van der Waals surface area contributed by atoms with Crippen molar-refractivity contribution < 1.29 is 4.42 Å². The van der Waals surface area contributed by atoms with Crippen LogP contribution in [0.2, 0.25) is 0 Å². The maximum atomic E-state index is 5.69. The number of nitrogens with two attached hydrogens (primary N) is 1. The molecule has 0 fully saturated rings. The number of benzene rings is 1. The van der Waals surface area contributed by atoms with Crippen LogP contribution in [0.4, 0.5) is 5.69 Å². The number of nitrogen functional groups attached to an aromatic ring is 1. The Balaban J connectivity index is 1.85. The highest BCUT2D eigenvalue weighted by atomic mass is 32.1. The van der Waals surface area contributed by atoms with Gasteiger partial charge >= 0.3 is 0 Å². The van der Waals surface area contributed by atoms with Crippen LogP contribution in [0, 0.1) is 0 Å². The fraction of sp³-hybridized carbons (Fsp3) is 0. The molecule has 4 aromatic rings. The number of fused-ring (bicyclic) bond motifs is 1. The first-order valence-electron chi connectivity index (χ1n) is 5.93. The molecule has 0 unspecified atom stereocenters. The van der Waals surface area contributed by atoms with Gasteiger partial charge in [-0.15, -0.1) is 10.2 Å². The van der Waals surface area contributed by atoms with Crippen molar-refractivity contribution in [2.24, 2.45) is 0 Å². The molecule has 0 saturated heterocycles. The maximum absolute atomic E-state index is 5.69. The van der Waals surface area contributed by atoms with Gasteiger partial charge in [-0.05, 0) is 36.4 Å². The van der Waals surface area contributed by atoms with Crippen LogP contribution in [0.5, 0.6) is 0 Å². The molecule has 4 rings (SSSR count). The lowest BCUT2D eigenvalue weighted by molar-refractivity contribution is 0.575. The van der Waals surface area contributed by atoms with Crippen LogP contribution >= 0.6 is 11.3 Å². The largest absolute Gasteiger partial charge is 0.461 e. The van der Waals surface area contributed by atoms with Gasteiger partial charge < -0.3 is 10.2 Å². The van der Waals surface area contributed by atoms with Crippen molar-refractivity contribution in [3.8, 4) is 22.2 Å². The summed E-state index contributed by atoms with van der Waals surface area (Å²) in [6.45, 7) is 0. The van der Waals surface area contributed by atoms with Gasteiger partial charge in [-0.25, -0.2) is 0 Å². The Kier molecular flexibility index (Phi) is 2.33. The predicted octanol–water partition coefficient (Wildman–Crippen LogP) is 2.70. The van der Waals surface area contributed by atoms with Gasteiger partial charge in [-0.1, -0.05) is 11.3 Å². The third-order valence-electron chi connectivity index (χ3n) is 2.89. The average molecular weight is 283 g/mol. The Morgan fingerprint density at radius 1 is 1.10 bits per heavy atom. The Bertz CT molecular complexity index is 860. The second kappa shape index (κ2) is 4.17. The van der Waals surface area contributed by atoms with Gasteiger partial charge in [0, 0.05) is 11.3 Å². The van der Waals surface area contributed by atoms with E-state index in [1.54, 1.807) is 10.8 Å². The number of anilines is 1. The third kappa shape index (κ3) is 1.68. The third-order valence-corrected chi connectivity index (χ3v) is 3.84. The van der Waals surface area contributed by atoms with E-state index < -0.39 is 0 Å². The first-order chi connectivity index (χ1) is 9.81. The lowest BCUT2D eigenvalue weighted by atomic mass is 10.2. The van der Waals surface area contributed by atoms with Gasteiger partial charge in [-0.3, -0.25) is 0 Å². The summed E-state index contributed by atoms with van der Waals surface area (Å²) < 4.78 is 7.03. The zero-order valence-electron chi connectivity index (χ0n) is 10.2. The predicted molar refractivity (Wildman–Crippen MR) is 76.2 cm³/mol. The summed E-state index contributed by atoms with van der Waals surface area (Å²) in [6, 6.07) is 11.2. The molecule has 0 amide bonds. The Hall–Kier alpha value is -2.67. The van der Waals surface area contributed by atoms with Crippen LogP contribution in [0.3, 0.4) is 0 Å². The molecule has 98 valence electrons. The van der Waals surface area contributed by atoms with E-state index in [-0.39, 0.29) is 0 Å². The van der Waals surface area contributed by atoms with Gasteiger partial charge in [0.2, 0.25) is 10.8 Å². The molecule has 6 nitrogen and oxygen atoms in total. The molecule has 3 heterocycles. The molecule has 0 aliphatic heterocycles. The standard InChI is InChI=1S/C13H9N5OS/c14-9-5-3-8(4-6-9)12-17-18-11(10-2-1-7-19-10)15-16-13(18)20-12/h1-7H,14H2. The van der Waals surface area contributed by atoms with Crippen LogP contribution in [0.15, 0.2) is 47.1 Å². The summed E-state index contributed by atoms with van der Waals surface area (Å²) in [7, 11) is 0. The van der Waals surface area contributed by atoms with Crippen molar-refractivity contribution in [2.45, 2.75) is 0 Å². The van der Waals surface area contributed by atoms with E-state index in [0.717, 1.165) is 21.2 Å². The maximum Gasteiger partial charge on any atom is 0.235 e. The molecule has 7 heteroatoms. The highest BCUT2D eigenvalue weighted by Crippen LogP contribution is 2.28. The summed E-state index contributed by atoms with van der Waals surface area (Å²) in [5, 5.41) is 13.6. The zero-order chi connectivity index (χ0) is 13.5. The normalized spacial score (nSPS) is 11.2. The van der Waals surface area contributed by atoms with Gasteiger partial charge in [0.1, 0.15) is 5.01 Å². The van der Waals surface area contributed by atoms with Crippen LogP contribution in [-0.2, 0) is 0 Å². The van der Waals surface area contributed by atoms with Crippen LogP contribution in [0.25, 0.3) is 27.1 Å². The molecule has 3 aromatic heterocycles. The summed E-state index contributed by atoms with van der Waals surface area (Å²) >= 11 is 1.47. The molecule has 2 N–H and O–H groups in total. The monoisotopic (exact) mass is 283 g/mol. The fourth-order valence-corrected chi connectivity index (χ4v) is 2.76. The first kappa shape index (κ1) is 11.2. The van der Waals surface area contributed by atoms with E-state index in [2.05, 4.69) is 15.3 Å². The lowest BCUT2D eigenvalue weighted by Crippen LogP contribution is -1.90. The molecule has 0 aliphatic carbocycles. The smallest absolute Gasteiger partial charge is 0.235 e. The number of nitrogens with zero attached hydrogens (tertiary/aromatic N) is 4. The van der Waals surface area contributed by atoms with Gasteiger partial charge in [0.15, 0.2) is 5.76 Å². The number of hydrogen-bond acceptors (Lipinski definition) is 6. The van der Waals surface area contributed by atoms with Crippen molar-refractivity contribution >= 4 is 22.0 Å². The highest BCUT2D eigenvalue weighted by Gasteiger charge is 2.15. The minimum absolute atomic E-state index is 0.600. The molecule has 0 atom stereocenters. The molecule has 0 saturated carbocycles. The molecule has 1 aromatic carbocycles. The molecule has 0 radical (unpaired) electrons. The van der Waals surface area contributed by atoms with Gasteiger partial charge in [0.25, 0.3) is 0 Å². The molecule has 0 spiro atoms. The number of hydrogen-bond donors (Lipinski definition) is 1. The van der Waals surface area contributed by atoms with Crippen molar-refractivity contribution in [3.05, 3.63) is 42.7 Å². The number of aromatic nitrogens is 4. The summed E-state index contributed by atoms with van der Waals surface area (Å²) in [4.78, 5) is 0.725. The first-order valence-corrected chi connectivity index (χ1v) is 6.75. The SMILES string of the molecule is Nc1ccc(-c2nn3c(-c4ccco4)nnc3s2)cc1. The topological polar surface area (TPSA) is 82.2 Å². The Morgan fingerprint density at radius 3 is 2.70 bits per heavy atom. The lowest BCUT2D eigenvalue weighted by Gasteiger charge is -1.96. The molecule has 20 heavy (non-hydrogen) atoms. The molecule has 0 bridgehead atoms. The van der Waals surface area contributed by atoms with Crippen molar-refractivity contribution in [2.75, 3.05) is 5.73 Å². The summed E-state index contributed by atoms with van der Waals surface area (Å²) in [6.07, 6.45) is 1.60. The molecule has 0 aliphatic rings. The Morgan fingerprint density at radius 2 is 1.95 bits per heavy atom. The van der Waals surface area contributed by atoms with Gasteiger partial charge in [0.05, 0.1) is 6.26 Å². The fourth-order valence-electron chi connectivity index (χ4n) is 1.92. The highest BCUT2D eigenvalue weighted by molar-refractivity contribution is 7.19.